The number of carbonyl (C=O) groups is 1. The molecule has 0 spiro atoms. The number of rotatable bonds is 9. The smallest absolute Gasteiger partial charge is 0.266 e. The van der Waals surface area contributed by atoms with E-state index >= 15 is 0 Å². The fourth-order valence-electron chi connectivity index (χ4n) is 2.85. The summed E-state index contributed by atoms with van der Waals surface area (Å²) >= 11 is 0. The molecule has 0 atom stereocenters. The molecule has 1 heterocycles. The molecule has 0 aliphatic rings. The molecule has 1 aromatic heterocycles. The van der Waals surface area contributed by atoms with Gasteiger partial charge in [-0.3, -0.25) is 9.59 Å². The molecule has 1 N–H and O–H groups in total. The highest BCUT2D eigenvalue weighted by Gasteiger charge is 2.08. The molecule has 0 radical (unpaired) electrons. The molecule has 0 saturated heterocycles. The van der Waals surface area contributed by atoms with Crippen molar-refractivity contribution in [2.45, 2.75) is 13.5 Å². The molecule has 31 heavy (non-hydrogen) atoms. The third-order valence-corrected chi connectivity index (χ3v) is 4.55. The Kier molecular flexibility index (Phi) is 7.26. The van der Waals surface area contributed by atoms with E-state index < -0.39 is 0 Å². The van der Waals surface area contributed by atoms with Crippen LogP contribution < -0.4 is 25.1 Å². The number of benzene rings is 2. The van der Waals surface area contributed by atoms with E-state index in [1.54, 1.807) is 24.3 Å². The van der Waals surface area contributed by atoms with Crippen molar-refractivity contribution in [1.82, 2.24) is 15.1 Å². The van der Waals surface area contributed by atoms with Crippen molar-refractivity contribution >= 4 is 5.91 Å². The minimum atomic E-state index is -0.315. The van der Waals surface area contributed by atoms with Gasteiger partial charge in [0.15, 0.2) is 6.61 Å². The lowest BCUT2D eigenvalue weighted by Crippen LogP contribution is -2.34. The van der Waals surface area contributed by atoms with Gasteiger partial charge in [0, 0.05) is 36.4 Å². The van der Waals surface area contributed by atoms with Gasteiger partial charge < -0.3 is 19.5 Å². The summed E-state index contributed by atoms with van der Waals surface area (Å²) in [5.41, 5.74) is 2.53. The Labute approximate surface area is 180 Å². The summed E-state index contributed by atoms with van der Waals surface area (Å²) in [5, 5.41) is 7.12. The Morgan fingerprint density at radius 3 is 2.26 bits per heavy atom. The lowest BCUT2D eigenvalue weighted by molar-refractivity contribution is -0.123. The fourth-order valence-corrected chi connectivity index (χ4v) is 2.85. The van der Waals surface area contributed by atoms with Crippen molar-refractivity contribution in [2.75, 3.05) is 27.4 Å². The quantitative estimate of drug-likeness (QED) is 0.568. The van der Waals surface area contributed by atoms with Gasteiger partial charge in [0.25, 0.3) is 11.5 Å². The van der Waals surface area contributed by atoms with Crippen molar-refractivity contribution in [1.29, 1.82) is 0 Å². The monoisotopic (exact) mass is 423 g/mol. The van der Waals surface area contributed by atoms with E-state index in [1.807, 2.05) is 31.2 Å². The number of amides is 1. The molecule has 1 amide bonds. The molecule has 0 aliphatic heterocycles. The highest BCUT2D eigenvalue weighted by atomic mass is 16.5. The summed E-state index contributed by atoms with van der Waals surface area (Å²) in [6, 6.07) is 16.1. The van der Waals surface area contributed by atoms with Crippen molar-refractivity contribution in [2.24, 2.45) is 0 Å². The molecule has 3 rings (SSSR count). The first kappa shape index (κ1) is 21.9. The number of nitrogens with one attached hydrogen (secondary N) is 1. The number of aryl methyl sites for hydroxylation is 1. The summed E-state index contributed by atoms with van der Waals surface area (Å²) in [7, 11) is 3.07. The van der Waals surface area contributed by atoms with Crippen LogP contribution in [0.15, 0.2) is 59.4 Å². The van der Waals surface area contributed by atoms with Crippen LogP contribution in [0.2, 0.25) is 0 Å². The highest BCUT2D eigenvalue weighted by Crippen LogP contribution is 2.27. The number of methoxy groups -OCH3 is 2. The second-order valence-corrected chi connectivity index (χ2v) is 6.83. The van der Waals surface area contributed by atoms with Gasteiger partial charge in [-0.1, -0.05) is 29.8 Å². The lowest BCUT2D eigenvalue weighted by Gasteiger charge is -2.11. The van der Waals surface area contributed by atoms with Crippen LogP contribution in [-0.4, -0.2) is 43.1 Å². The van der Waals surface area contributed by atoms with Gasteiger partial charge in [0.1, 0.15) is 17.2 Å². The number of ether oxygens (including phenoxy) is 3. The maximum atomic E-state index is 12.1. The molecule has 0 unspecified atom stereocenters. The molecule has 3 aromatic rings. The van der Waals surface area contributed by atoms with Crippen LogP contribution in [0.25, 0.3) is 11.3 Å². The summed E-state index contributed by atoms with van der Waals surface area (Å²) in [4.78, 5) is 24.2. The van der Waals surface area contributed by atoms with Crippen molar-refractivity contribution in [3.63, 3.8) is 0 Å². The molecule has 2 aromatic carbocycles. The summed E-state index contributed by atoms with van der Waals surface area (Å²) < 4.78 is 17.2. The second-order valence-electron chi connectivity index (χ2n) is 6.83. The molecule has 0 bridgehead atoms. The zero-order chi connectivity index (χ0) is 22.2. The van der Waals surface area contributed by atoms with Crippen LogP contribution in [0.5, 0.6) is 17.2 Å². The van der Waals surface area contributed by atoms with E-state index in [2.05, 4.69) is 10.4 Å². The average molecular weight is 423 g/mol. The first-order valence-corrected chi connectivity index (χ1v) is 9.76. The molecule has 8 heteroatoms. The van der Waals surface area contributed by atoms with E-state index in [0.717, 1.165) is 11.1 Å². The van der Waals surface area contributed by atoms with Gasteiger partial charge in [0.05, 0.1) is 26.5 Å². The first-order valence-electron chi connectivity index (χ1n) is 9.76. The number of aromatic nitrogens is 2. The highest BCUT2D eigenvalue weighted by molar-refractivity contribution is 5.77. The first-order chi connectivity index (χ1) is 15.0. The fraction of sp³-hybridized carbons (Fsp3) is 0.261. The Morgan fingerprint density at radius 1 is 0.968 bits per heavy atom. The number of nitrogens with zero attached hydrogens (tertiary/aromatic N) is 2. The average Bonchev–Trinajstić information content (AvgIpc) is 2.79. The molecular formula is C23H25N3O5. The summed E-state index contributed by atoms with van der Waals surface area (Å²) in [6.45, 7) is 2.32. The Morgan fingerprint density at radius 2 is 1.61 bits per heavy atom. The van der Waals surface area contributed by atoms with Gasteiger partial charge in [-0.05, 0) is 13.0 Å². The Bertz CT molecular complexity index is 1070. The molecule has 162 valence electrons. The van der Waals surface area contributed by atoms with Crippen LogP contribution in [0, 0.1) is 6.92 Å². The lowest BCUT2D eigenvalue weighted by atomic mass is 10.1. The Balaban J connectivity index is 1.54. The molecule has 0 aliphatic carbocycles. The Hall–Kier alpha value is -3.81. The van der Waals surface area contributed by atoms with Gasteiger partial charge in [-0.15, -0.1) is 0 Å². The zero-order valence-electron chi connectivity index (χ0n) is 17.8. The second kappa shape index (κ2) is 10.3. The predicted octanol–water partition coefficient (Wildman–Crippen LogP) is 2.43. The molecule has 0 saturated carbocycles. The maximum absolute atomic E-state index is 12.1. The normalized spacial score (nSPS) is 10.4. The molecular weight excluding hydrogens is 398 g/mol. The van der Waals surface area contributed by atoms with Gasteiger partial charge in [0.2, 0.25) is 0 Å². The topological polar surface area (TPSA) is 91.7 Å². The van der Waals surface area contributed by atoms with Crippen LogP contribution in [0.4, 0.5) is 0 Å². The van der Waals surface area contributed by atoms with Gasteiger partial charge in [-0.2, -0.15) is 5.10 Å². The van der Waals surface area contributed by atoms with E-state index in [4.69, 9.17) is 14.2 Å². The predicted molar refractivity (Wildman–Crippen MR) is 117 cm³/mol. The zero-order valence-corrected chi connectivity index (χ0v) is 17.8. The van der Waals surface area contributed by atoms with Gasteiger partial charge >= 0.3 is 0 Å². The van der Waals surface area contributed by atoms with Gasteiger partial charge in [-0.25, -0.2) is 4.68 Å². The molecule has 0 fully saturated rings. The number of carbonyl (C=O) groups excluding carboxylic acids is 1. The van der Waals surface area contributed by atoms with Crippen LogP contribution in [-0.2, 0) is 11.3 Å². The molecule has 8 nitrogen and oxygen atoms in total. The summed E-state index contributed by atoms with van der Waals surface area (Å²) in [6.07, 6.45) is 0. The number of hydrogen-bond acceptors (Lipinski definition) is 6. The van der Waals surface area contributed by atoms with E-state index in [-0.39, 0.29) is 31.2 Å². The van der Waals surface area contributed by atoms with Crippen molar-refractivity contribution in [3.05, 3.63) is 70.5 Å². The van der Waals surface area contributed by atoms with Crippen molar-refractivity contribution in [3.8, 4) is 28.5 Å². The standard InChI is InChI=1S/C23H25N3O5/c1-16-4-6-17(7-5-16)21-8-9-23(28)26(25-21)11-10-24-22(27)15-31-20-13-18(29-2)12-19(14-20)30-3/h4-9,12-14H,10-11,15H2,1-3H3,(H,24,27). The third kappa shape index (κ3) is 6.08. The summed E-state index contributed by atoms with van der Waals surface area (Å²) in [5.74, 6) is 1.27. The SMILES string of the molecule is COc1cc(OC)cc(OCC(=O)NCCn2nc(-c3ccc(C)cc3)ccc2=O)c1. The maximum Gasteiger partial charge on any atom is 0.266 e. The third-order valence-electron chi connectivity index (χ3n) is 4.55. The number of hydrogen-bond donors (Lipinski definition) is 1. The van der Waals surface area contributed by atoms with E-state index in [1.165, 1.54) is 25.0 Å². The van der Waals surface area contributed by atoms with Crippen LogP contribution >= 0.6 is 0 Å². The van der Waals surface area contributed by atoms with Crippen LogP contribution in [0.1, 0.15) is 5.56 Å². The van der Waals surface area contributed by atoms with Crippen molar-refractivity contribution < 1.29 is 19.0 Å². The minimum Gasteiger partial charge on any atom is -0.496 e. The largest absolute Gasteiger partial charge is 0.496 e. The minimum absolute atomic E-state index is 0.179. The van der Waals surface area contributed by atoms with Crippen LogP contribution in [0.3, 0.4) is 0 Å². The van der Waals surface area contributed by atoms with E-state index in [9.17, 15) is 9.59 Å². The van der Waals surface area contributed by atoms with E-state index in [0.29, 0.717) is 22.9 Å².